The van der Waals surface area contributed by atoms with Crippen LogP contribution in [0.15, 0.2) is 29.3 Å². The van der Waals surface area contributed by atoms with E-state index in [-0.39, 0.29) is 24.0 Å². The number of nitrogens with one attached hydrogen (secondary N) is 2. The molecule has 0 radical (unpaired) electrons. The monoisotopic (exact) mass is 418 g/mol. The Labute approximate surface area is 152 Å². The SMILES string of the molecule is CN=C(NCc1ccccc1CN(C)C)NC(C)C(C)C.I. The van der Waals surface area contributed by atoms with Gasteiger partial charge in [-0.2, -0.15) is 0 Å². The van der Waals surface area contributed by atoms with E-state index in [0.717, 1.165) is 19.0 Å². The van der Waals surface area contributed by atoms with Crippen molar-refractivity contribution in [1.82, 2.24) is 15.5 Å². The molecular formula is C17H31IN4. The highest BCUT2D eigenvalue weighted by Crippen LogP contribution is 2.10. The third-order valence-corrected chi connectivity index (χ3v) is 3.64. The smallest absolute Gasteiger partial charge is 0.191 e. The van der Waals surface area contributed by atoms with Gasteiger partial charge >= 0.3 is 0 Å². The number of halogens is 1. The van der Waals surface area contributed by atoms with Crippen molar-refractivity contribution >= 4 is 29.9 Å². The van der Waals surface area contributed by atoms with E-state index >= 15 is 0 Å². The third kappa shape index (κ3) is 7.45. The Balaban J connectivity index is 0.00000441. The number of guanidine groups is 1. The molecule has 1 aromatic carbocycles. The molecule has 0 saturated carbocycles. The van der Waals surface area contributed by atoms with Crippen molar-refractivity contribution in [2.75, 3.05) is 21.1 Å². The van der Waals surface area contributed by atoms with Gasteiger partial charge in [0.25, 0.3) is 0 Å². The fourth-order valence-corrected chi connectivity index (χ4v) is 1.98. The summed E-state index contributed by atoms with van der Waals surface area (Å²) in [6.07, 6.45) is 0. The molecule has 2 N–H and O–H groups in total. The number of rotatable bonds is 6. The topological polar surface area (TPSA) is 39.7 Å². The van der Waals surface area contributed by atoms with Crippen LogP contribution in [0.2, 0.25) is 0 Å². The lowest BCUT2D eigenvalue weighted by atomic mass is 10.1. The van der Waals surface area contributed by atoms with Crippen LogP contribution in [0.4, 0.5) is 0 Å². The first-order valence-electron chi connectivity index (χ1n) is 7.62. The maximum atomic E-state index is 4.30. The molecule has 22 heavy (non-hydrogen) atoms. The van der Waals surface area contributed by atoms with Crippen LogP contribution in [-0.2, 0) is 13.1 Å². The van der Waals surface area contributed by atoms with Crippen LogP contribution in [0.1, 0.15) is 31.9 Å². The summed E-state index contributed by atoms with van der Waals surface area (Å²) < 4.78 is 0. The Morgan fingerprint density at radius 1 is 1.14 bits per heavy atom. The second kappa shape index (κ2) is 10.8. The Bertz CT molecular complexity index is 458. The van der Waals surface area contributed by atoms with Gasteiger partial charge < -0.3 is 15.5 Å². The second-order valence-corrected chi connectivity index (χ2v) is 6.11. The summed E-state index contributed by atoms with van der Waals surface area (Å²) in [5.41, 5.74) is 2.66. The van der Waals surface area contributed by atoms with E-state index in [1.54, 1.807) is 0 Å². The highest BCUT2D eigenvalue weighted by molar-refractivity contribution is 14.0. The standard InChI is InChI=1S/C17H30N4.HI/c1-13(2)14(3)20-17(18-4)19-11-15-9-7-8-10-16(15)12-21(5)6;/h7-10,13-14H,11-12H2,1-6H3,(H2,18,19,20);1H. The summed E-state index contributed by atoms with van der Waals surface area (Å²) >= 11 is 0. The highest BCUT2D eigenvalue weighted by Gasteiger charge is 2.09. The van der Waals surface area contributed by atoms with E-state index in [2.05, 4.69) is 79.7 Å². The summed E-state index contributed by atoms with van der Waals surface area (Å²) in [5.74, 6) is 1.43. The highest BCUT2D eigenvalue weighted by atomic mass is 127. The molecule has 0 amide bonds. The van der Waals surface area contributed by atoms with Gasteiger partial charge in [-0.05, 0) is 38.1 Å². The van der Waals surface area contributed by atoms with Crippen molar-refractivity contribution in [3.8, 4) is 0 Å². The van der Waals surface area contributed by atoms with Crippen LogP contribution in [-0.4, -0.2) is 38.0 Å². The molecule has 0 bridgehead atoms. The predicted octanol–water partition coefficient (Wildman–Crippen LogP) is 3.08. The zero-order valence-electron chi connectivity index (χ0n) is 14.7. The number of aliphatic imine (C=N–C) groups is 1. The van der Waals surface area contributed by atoms with Gasteiger partial charge in [0.05, 0.1) is 0 Å². The normalized spacial score (nSPS) is 13.0. The predicted molar refractivity (Wildman–Crippen MR) is 107 cm³/mol. The van der Waals surface area contributed by atoms with Gasteiger partial charge in [-0.15, -0.1) is 24.0 Å². The van der Waals surface area contributed by atoms with Crippen molar-refractivity contribution in [3.63, 3.8) is 0 Å². The molecular weight excluding hydrogens is 387 g/mol. The molecule has 5 heteroatoms. The van der Waals surface area contributed by atoms with Crippen molar-refractivity contribution < 1.29 is 0 Å². The minimum atomic E-state index is 0. The van der Waals surface area contributed by atoms with Crippen molar-refractivity contribution in [2.45, 2.75) is 39.9 Å². The number of nitrogens with zero attached hydrogens (tertiary/aromatic N) is 2. The fraction of sp³-hybridized carbons (Fsp3) is 0.588. The van der Waals surface area contributed by atoms with Crippen molar-refractivity contribution in [3.05, 3.63) is 35.4 Å². The number of hydrogen-bond acceptors (Lipinski definition) is 2. The van der Waals surface area contributed by atoms with Crippen LogP contribution in [0.25, 0.3) is 0 Å². The minimum Gasteiger partial charge on any atom is -0.354 e. The molecule has 126 valence electrons. The summed E-state index contributed by atoms with van der Waals surface area (Å²) in [5, 5.41) is 6.83. The molecule has 0 aromatic heterocycles. The molecule has 1 atom stereocenters. The van der Waals surface area contributed by atoms with Gasteiger partial charge in [0, 0.05) is 26.2 Å². The zero-order valence-corrected chi connectivity index (χ0v) is 17.0. The Hall–Kier alpha value is -0.820. The maximum absolute atomic E-state index is 4.30. The summed E-state index contributed by atoms with van der Waals surface area (Å²) in [6.45, 7) is 8.33. The van der Waals surface area contributed by atoms with Crippen LogP contribution in [0.5, 0.6) is 0 Å². The van der Waals surface area contributed by atoms with E-state index in [1.807, 2.05) is 7.05 Å². The second-order valence-electron chi connectivity index (χ2n) is 6.11. The first-order chi connectivity index (χ1) is 9.93. The van der Waals surface area contributed by atoms with Gasteiger partial charge in [0.15, 0.2) is 5.96 Å². The lowest BCUT2D eigenvalue weighted by Gasteiger charge is -2.21. The molecule has 0 spiro atoms. The van der Waals surface area contributed by atoms with Gasteiger partial charge in [-0.25, -0.2) is 0 Å². The molecule has 0 aliphatic carbocycles. The zero-order chi connectivity index (χ0) is 15.8. The molecule has 1 aromatic rings. The average Bonchev–Trinajstić information content (AvgIpc) is 2.43. The lowest BCUT2D eigenvalue weighted by molar-refractivity contribution is 0.400. The quantitative estimate of drug-likeness (QED) is 0.424. The molecule has 0 aliphatic rings. The van der Waals surface area contributed by atoms with E-state index in [1.165, 1.54) is 11.1 Å². The molecule has 0 saturated heterocycles. The number of hydrogen-bond donors (Lipinski definition) is 2. The van der Waals surface area contributed by atoms with Gasteiger partial charge in [-0.1, -0.05) is 38.1 Å². The largest absolute Gasteiger partial charge is 0.354 e. The maximum Gasteiger partial charge on any atom is 0.191 e. The van der Waals surface area contributed by atoms with Crippen molar-refractivity contribution in [2.24, 2.45) is 10.9 Å². The summed E-state index contributed by atoms with van der Waals surface area (Å²) in [7, 11) is 6.00. The Morgan fingerprint density at radius 3 is 2.23 bits per heavy atom. The Morgan fingerprint density at radius 2 is 1.73 bits per heavy atom. The van der Waals surface area contributed by atoms with Gasteiger partial charge in [-0.3, -0.25) is 4.99 Å². The lowest BCUT2D eigenvalue weighted by Crippen LogP contribution is -2.44. The van der Waals surface area contributed by atoms with Crippen LogP contribution in [0.3, 0.4) is 0 Å². The van der Waals surface area contributed by atoms with Crippen molar-refractivity contribution in [1.29, 1.82) is 0 Å². The molecule has 0 fully saturated rings. The van der Waals surface area contributed by atoms with E-state index in [4.69, 9.17) is 0 Å². The first kappa shape index (κ1) is 21.2. The van der Waals surface area contributed by atoms with Gasteiger partial charge in [0.2, 0.25) is 0 Å². The fourth-order valence-electron chi connectivity index (χ4n) is 1.98. The molecule has 1 rings (SSSR count). The minimum absolute atomic E-state index is 0. The molecule has 0 aliphatic heterocycles. The third-order valence-electron chi connectivity index (χ3n) is 3.64. The first-order valence-corrected chi connectivity index (χ1v) is 7.62. The van der Waals surface area contributed by atoms with E-state index in [9.17, 15) is 0 Å². The van der Waals surface area contributed by atoms with Crippen LogP contribution in [0, 0.1) is 5.92 Å². The van der Waals surface area contributed by atoms with E-state index < -0.39 is 0 Å². The molecule has 1 unspecified atom stereocenters. The number of benzene rings is 1. The molecule has 0 heterocycles. The average molecular weight is 418 g/mol. The van der Waals surface area contributed by atoms with E-state index in [0.29, 0.717) is 12.0 Å². The summed E-state index contributed by atoms with van der Waals surface area (Å²) in [4.78, 5) is 6.49. The van der Waals surface area contributed by atoms with Crippen LogP contribution >= 0.6 is 24.0 Å². The van der Waals surface area contributed by atoms with Crippen LogP contribution < -0.4 is 10.6 Å². The summed E-state index contributed by atoms with van der Waals surface area (Å²) in [6, 6.07) is 8.93. The van der Waals surface area contributed by atoms with Gasteiger partial charge in [0.1, 0.15) is 0 Å². The Kier molecular flexibility index (Phi) is 10.4. The molecule has 4 nitrogen and oxygen atoms in total.